The van der Waals surface area contributed by atoms with Gasteiger partial charge in [-0.25, -0.2) is 0 Å². The number of hydrogen-bond donors (Lipinski definition) is 1. The third-order valence-corrected chi connectivity index (χ3v) is 2.95. The monoisotopic (exact) mass is 269 g/mol. The minimum Gasteiger partial charge on any atom is -0.314 e. The largest absolute Gasteiger partial charge is 0.390 e. The van der Waals surface area contributed by atoms with E-state index in [0.717, 1.165) is 32.7 Å². The molecule has 1 N–H and O–H groups in total. The summed E-state index contributed by atoms with van der Waals surface area (Å²) in [5.41, 5.74) is 0. The van der Waals surface area contributed by atoms with Gasteiger partial charge in [-0.3, -0.25) is 0 Å². The molecule has 3 nitrogen and oxygen atoms in total. The fourth-order valence-corrected chi connectivity index (χ4v) is 1.60. The van der Waals surface area contributed by atoms with Crippen LogP contribution in [0.25, 0.3) is 0 Å². The molecule has 0 aromatic rings. The fourth-order valence-electron chi connectivity index (χ4n) is 1.60. The van der Waals surface area contributed by atoms with Gasteiger partial charge < -0.3 is 15.1 Å². The van der Waals surface area contributed by atoms with E-state index in [1.165, 1.54) is 0 Å². The van der Waals surface area contributed by atoms with Crippen molar-refractivity contribution in [2.24, 2.45) is 0 Å². The van der Waals surface area contributed by atoms with Crippen LogP contribution < -0.4 is 5.32 Å². The van der Waals surface area contributed by atoms with E-state index in [4.69, 9.17) is 0 Å². The van der Waals surface area contributed by atoms with Gasteiger partial charge in [0, 0.05) is 32.7 Å². The molecule has 0 aromatic carbocycles. The molecule has 110 valence electrons. The smallest absolute Gasteiger partial charge is 0.314 e. The number of hydrogen-bond acceptors (Lipinski definition) is 3. The molecule has 6 heteroatoms. The molecule has 0 amide bonds. The number of rotatable bonds is 10. The van der Waals surface area contributed by atoms with Crippen molar-refractivity contribution in [1.29, 1.82) is 0 Å². The molecule has 0 fully saturated rings. The third-order valence-electron chi connectivity index (χ3n) is 2.95. The van der Waals surface area contributed by atoms with E-state index in [9.17, 15) is 13.2 Å². The molecule has 0 heterocycles. The van der Waals surface area contributed by atoms with E-state index in [-0.39, 0.29) is 6.54 Å². The van der Waals surface area contributed by atoms with Gasteiger partial charge in [-0.15, -0.1) is 0 Å². The first-order valence-electron chi connectivity index (χ1n) is 6.57. The van der Waals surface area contributed by atoms with Crippen LogP contribution in [0, 0.1) is 0 Å². The van der Waals surface area contributed by atoms with Crippen LogP contribution in [-0.2, 0) is 0 Å². The minimum atomic E-state index is -4.05. The number of likely N-dealkylation sites (N-methyl/N-ethyl adjacent to an activating group) is 2. The molecule has 0 radical (unpaired) electrons. The van der Waals surface area contributed by atoms with E-state index in [1.54, 1.807) is 11.9 Å². The molecule has 0 saturated heterocycles. The highest BCUT2D eigenvalue weighted by Crippen LogP contribution is 2.19. The Morgan fingerprint density at radius 3 is 2.00 bits per heavy atom. The Kier molecular flexibility index (Phi) is 9.40. The van der Waals surface area contributed by atoms with Crippen molar-refractivity contribution >= 4 is 0 Å². The van der Waals surface area contributed by atoms with Gasteiger partial charge >= 0.3 is 6.18 Å². The fraction of sp³-hybridized carbons (Fsp3) is 1.00. The molecule has 0 aliphatic carbocycles. The maximum atomic E-state index is 12.0. The van der Waals surface area contributed by atoms with Gasteiger partial charge in [-0.1, -0.05) is 13.8 Å². The minimum absolute atomic E-state index is 0.0707. The zero-order valence-electron chi connectivity index (χ0n) is 11.7. The van der Waals surface area contributed by atoms with Gasteiger partial charge in [0.15, 0.2) is 0 Å². The van der Waals surface area contributed by atoms with Gasteiger partial charge in [-0.2, -0.15) is 13.2 Å². The molecule has 0 aromatic heterocycles. The van der Waals surface area contributed by atoms with Crippen molar-refractivity contribution in [3.63, 3.8) is 0 Å². The summed E-state index contributed by atoms with van der Waals surface area (Å²) in [5, 5.41) is 3.25. The van der Waals surface area contributed by atoms with Crippen molar-refractivity contribution in [2.45, 2.75) is 26.4 Å². The van der Waals surface area contributed by atoms with E-state index >= 15 is 0 Å². The average Bonchev–Trinajstić information content (AvgIpc) is 2.30. The van der Waals surface area contributed by atoms with E-state index in [1.807, 2.05) is 0 Å². The summed E-state index contributed by atoms with van der Waals surface area (Å²) in [4.78, 5) is 4.01. The van der Waals surface area contributed by atoms with Crippen molar-refractivity contribution in [1.82, 2.24) is 15.1 Å². The molecule has 0 saturated carbocycles. The summed E-state index contributed by atoms with van der Waals surface area (Å²) in [5.74, 6) is 0. The van der Waals surface area contributed by atoms with Crippen LogP contribution in [0.15, 0.2) is 0 Å². The molecule has 0 aliphatic heterocycles. The molecule has 0 aliphatic rings. The topological polar surface area (TPSA) is 18.5 Å². The normalized spacial score (nSPS) is 12.7. The van der Waals surface area contributed by atoms with Gasteiger partial charge in [0.1, 0.15) is 0 Å². The molecular weight excluding hydrogens is 243 g/mol. The Labute approximate surface area is 108 Å². The summed E-state index contributed by atoms with van der Waals surface area (Å²) in [6, 6.07) is 0. The Hall–Kier alpha value is -0.330. The van der Waals surface area contributed by atoms with Crippen LogP contribution in [0.5, 0.6) is 0 Å². The standard InChI is InChI=1S/C12H26F3N3/c1-4-18(5-2)11-8-16-7-10-17(3)9-6-12(13,14)15/h16H,4-11H2,1-3H3. The summed E-state index contributed by atoms with van der Waals surface area (Å²) < 4.78 is 35.9. The highest BCUT2D eigenvalue weighted by molar-refractivity contribution is 4.60. The molecule has 0 bridgehead atoms. The highest BCUT2D eigenvalue weighted by Gasteiger charge is 2.26. The van der Waals surface area contributed by atoms with Crippen molar-refractivity contribution in [3.8, 4) is 0 Å². The molecule has 0 atom stereocenters. The summed E-state index contributed by atoms with van der Waals surface area (Å²) in [6.45, 7) is 9.62. The van der Waals surface area contributed by atoms with Crippen LogP contribution in [0.2, 0.25) is 0 Å². The second-order valence-corrected chi connectivity index (χ2v) is 4.45. The van der Waals surface area contributed by atoms with E-state index < -0.39 is 12.6 Å². The molecule has 0 spiro atoms. The molecule has 0 rings (SSSR count). The first-order chi connectivity index (χ1) is 8.39. The van der Waals surface area contributed by atoms with Crippen molar-refractivity contribution in [2.75, 3.05) is 52.9 Å². The lowest BCUT2D eigenvalue weighted by Crippen LogP contribution is -2.36. The van der Waals surface area contributed by atoms with Crippen LogP contribution in [-0.4, -0.2) is 68.8 Å². The number of alkyl halides is 3. The predicted octanol–water partition coefficient (Wildman–Crippen LogP) is 1.80. The highest BCUT2D eigenvalue weighted by atomic mass is 19.4. The second kappa shape index (κ2) is 9.58. The Morgan fingerprint density at radius 1 is 0.944 bits per heavy atom. The Balaban J connectivity index is 3.43. The third kappa shape index (κ3) is 10.8. The van der Waals surface area contributed by atoms with Crippen LogP contribution >= 0.6 is 0 Å². The van der Waals surface area contributed by atoms with Gasteiger partial charge in [0.2, 0.25) is 0 Å². The van der Waals surface area contributed by atoms with Crippen molar-refractivity contribution < 1.29 is 13.2 Å². The molecule has 0 unspecified atom stereocenters. The van der Waals surface area contributed by atoms with Crippen molar-refractivity contribution in [3.05, 3.63) is 0 Å². The van der Waals surface area contributed by atoms with Gasteiger partial charge in [0.05, 0.1) is 6.42 Å². The lowest BCUT2D eigenvalue weighted by atomic mass is 10.4. The predicted molar refractivity (Wildman–Crippen MR) is 68.8 cm³/mol. The first-order valence-corrected chi connectivity index (χ1v) is 6.57. The van der Waals surface area contributed by atoms with Crippen LogP contribution in [0.3, 0.4) is 0 Å². The summed E-state index contributed by atoms with van der Waals surface area (Å²) in [7, 11) is 1.72. The maximum absolute atomic E-state index is 12.0. The first kappa shape index (κ1) is 17.7. The van der Waals surface area contributed by atoms with Gasteiger partial charge in [-0.05, 0) is 20.1 Å². The lowest BCUT2D eigenvalue weighted by molar-refractivity contribution is -0.137. The zero-order chi connectivity index (χ0) is 14.0. The number of nitrogens with one attached hydrogen (secondary N) is 1. The Bertz CT molecular complexity index is 193. The summed E-state index contributed by atoms with van der Waals surface area (Å²) in [6.07, 6.45) is -4.78. The molecule has 18 heavy (non-hydrogen) atoms. The quantitative estimate of drug-likeness (QED) is 0.610. The van der Waals surface area contributed by atoms with Gasteiger partial charge in [0.25, 0.3) is 0 Å². The van der Waals surface area contributed by atoms with Crippen LogP contribution in [0.4, 0.5) is 13.2 Å². The van der Waals surface area contributed by atoms with Crippen LogP contribution in [0.1, 0.15) is 20.3 Å². The van der Waals surface area contributed by atoms with E-state index in [0.29, 0.717) is 6.54 Å². The second-order valence-electron chi connectivity index (χ2n) is 4.45. The Morgan fingerprint density at radius 2 is 1.50 bits per heavy atom. The average molecular weight is 269 g/mol. The zero-order valence-corrected chi connectivity index (χ0v) is 11.7. The SMILES string of the molecule is CCN(CC)CCNCCN(C)CCC(F)(F)F. The number of nitrogens with zero attached hydrogens (tertiary/aromatic N) is 2. The number of halogens is 3. The maximum Gasteiger partial charge on any atom is 0.390 e. The summed E-state index contributed by atoms with van der Waals surface area (Å²) >= 11 is 0. The van der Waals surface area contributed by atoms with E-state index in [2.05, 4.69) is 24.1 Å². The molecular formula is C12H26F3N3. The lowest BCUT2D eigenvalue weighted by Gasteiger charge is -2.20.